The molecule has 0 unspecified atom stereocenters. The third-order valence-corrected chi connectivity index (χ3v) is 3.15. The van der Waals surface area contributed by atoms with Crippen molar-refractivity contribution in [3.8, 4) is 6.07 Å². The van der Waals surface area contributed by atoms with Crippen LogP contribution in [0.4, 0.5) is 5.82 Å². The van der Waals surface area contributed by atoms with Crippen molar-refractivity contribution in [1.29, 1.82) is 5.26 Å². The second-order valence-corrected chi connectivity index (χ2v) is 4.50. The Labute approximate surface area is 102 Å². The Hall–Kier alpha value is -1.54. The molecule has 5 heteroatoms. The zero-order valence-corrected chi connectivity index (χ0v) is 10.3. The molecule has 0 aliphatic carbocycles. The van der Waals surface area contributed by atoms with Crippen molar-refractivity contribution in [2.75, 3.05) is 37.6 Å². The van der Waals surface area contributed by atoms with Crippen molar-refractivity contribution in [2.45, 2.75) is 19.8 Å². The zero-order chi connectivity index (χ0) is 12.1. The second kappa shape index (κ2) is 5.69. The number of anilines is 1. The Morgan fingerprint density at radius 1 is 1.41 bits per heavy atom. The van der Waals surface area contributed by atoms with Gasteiger partial charge in [0.2, 0.25) is 0 Å². The summed E-state index contributed by atoms with van der Waals surface area (Å²) in [6.07, 6.45) is 1.65. The molecule has 2 heterocycles. The van der Waals surface area contributed by atoms with E-state index in [0.29, 0.717) is 6.42 Å². The SMILES string of the molecule is Cc1cc(N2CCN(CCCC#N)CC2)n[nH]1. The molecule has 1 aliphatic rings. The number of aryl methyl sites for hydroxylation is 1. The molecule has 1 aromatic heterocycles. The number of nitriles is 1. The van der Waals surface area contributed by atoms with Gasteiger partial charge in [0.25, 0.3) is 0 Å². The molecule has 92 valence electrons. The molecular weight excluding hydrogens is 214 g/mol. The van der Waals surface area contributed by atoms with Crippen LogP contribution in [0.2, 0.25) is 0 Å². The highest BCUT2D eigenvalue weighted by Crippen LogP contribution is 2.14. The van der Waals surface area contributed by atoms with E-state index in [2.05, 4.69) is 32.1 Å². The summed E-state index contributed by atoms with van der Waals surface area (Å²) in [5, 5.41) is 15.8. The minimum atomic E-state index is 0.665. The van der Waals surface area contributed by atoms with Crippen LogP contribution in [0.25, 0.3) is 0 Å². The van der Waals surface area contributed by atoms with Gasteiger partial charge in [-0.15, -0.1) is 0 Å². The van der Waals surface area contributed by atoms with Gasteiger partial charge in [-0.3, -0.25) is 10.00 Å². The number of piperazine rings is 1. The molecule has 2 rings (SSSR count). The van der Waals surface area contributed by atoms with Gasteiger partial charge in [0.1, 0.15) is 0 Å². The van der Waals surface area contributed by atoms with Crippen molar-refractivity contribution in [3.05, 3.63) is 11.8 Å². The van der Waals surface area contributed by atoms with Gasteiger partial charge in [-0.05, 0) is 19.9 Å². The van der Waals surface area contributed by atoms with Gasteiger partial charge >= 0.3 is 0 Å². The van der Waals surface area contributed by atoms with E-state index >= 15 is 0 Å². The number of nitrogens with one attached hydrogen (secondary N) is 1. The van der Waals surface area contributed by atoms with Gasteiger partial charge < -0.3 is 4.90 Å². The molecule has 1 aliphatic heterocycles. The summed E-state index contributed by atoms with van der Waals surface area (Å²) in [6.45, 7) is 7.25. The predicted molar refractivity (Wildman–Crippen MR) is 66.8 cm³/mol. The number of nitrogens with zero attached hydrogens (tertiary/aromatic N) is 4. The number of hydrogen-bond donors (Lipinski definition) is 1. The molecule has 5 nitrogen and oxygen atoms in total. The maximum absolute atomic E-state index is 8.50. The first kappa shape index (κ1) is 11.9. The van der Waals surface area contributed by atoms with Crippen LogP contribution in [-0.2, 0) is 0 Å². The molecule has 0 aromatic carbocycles. The van der Waals surface area contributed by atoms with Crippen LogP contribution in [-0.4, -0.2) is 47.8 Å². The highest BCUT2D eigenvalue weighted by atomic mass is 15.3. The molecule has 1 aromatic rings. The van der Waals surface area contributed by atoms with Crippen LogP contribution in [0.1, 0.15) is 18.5 Å². The van der Waals surface area contributed by atoms with Gasteiger partial charge in [-0.1, -0.05) is 0 Å². The predicted octanol–water partition coefficient (Wildman–Crippen LogP) is 1.14. The van der Waals surface area contributed by atoms with Crippen molar-refractivity contribution in [3.63, 3.8) is 0 Å². The third kappa shape index (κ3) is 3.21. The molecule has 0 saturated carbocycles. The molecule has 0 spiro atoms. The average Bonchev–Trinajstić information content (AvgIpc) is 2.77. The van der Waals surface area contributed by atoms with Gasteiger partial charge in [0, 0.05) is 44.4 Å². The average molecular weight is 233 g/mol. The van der Waals surface area contributed by atoms with E-state index in [9.17, 15) is 0 Å². The highest BCUT2D eigenvalue weighted by molar-refractivity contribution is 5.39. The molecule has 1 fully saturated rings. The fraction of sp³-hybridized carbons (Fsp3) is 0.667. The number of H-pyrrole nitrogens is 1. The van der Waals surface area contributed by atoms with E-state index in [-0.39, 0.29) is 0 Å². The Balaban J connectivity index is 1.76. The molecule has 0 amide bonds. The smallest absolute Gasteiger partial charge is 0.150 e. The normalized spacial score (nSPS) is 17.1. The molecule has 0 bridgehead atoms. The number of aromatic nitrogens is 2. The fourth-order valence-electron chi connectivity index (χ4n) is 2.15. The molecule has 17 heavy (non-hydrogen) atoms. The lowest BCUT2D eigenvalue weighted by molar-refractivity contribution is 0.255. The Bertz CT molecular complexity index is 384. The maximum Gasteiger partial charge on any atom is 0.150 e. The molecule has 1 saturated heterocycles. The van der Waals surface area contributed by atoms with Crippen molar-refractivity contribution < 1.29 is 0 Å². The summed E-state index contributed by atoms with van der Waals surface area (Å²) in [6, 6.07) is 4.28. The lowest BCUT2D eigenvalue weighted by atomic mass is 10.2. The van der Waals surface area contributed by atoms with Crippen LogP contribution < -0.4 is 4.90 Å². The lowest BCUT2D eigenvalue weighted by Crippen LogP contribution is -2.46. The highest BCUT2D eigenvalue weighted by Gasteiger charge is 2.18. The van der Waals surface area contributed by atoms with E-state index in [1.165, 1.54) is 0 Å². The van der Waals surface area contributed by atoms with Crippen LogP contribution in [0.5, 0.6) is 0 Å². The van der Waals surface area contributed by atoms with Crippen LogP contribution >= 0.6 is 0 Å². The summed E-state index contributed by atoms with van der Waals surface area (Å²) in [5.41, 5.74) is 1.11. The number of hydrogen-bond acceptors (Lipinski definition) is 4. The summed E-state index contributed by atoms with van der Waals surface area (Å²) in [4.78, 5) is 4.73. The van der Waals surface area contributed by atoms with Gasteiger partial charge in [-0.2, -0.15) is 10.4 Å². The topological polar surface area (TPSA) is 58.9 Å². The number of aromatic amines is 1. The van der Waals surface area contributed by atoms with Crippen LogP contribution in [0.3, 0.4) is 0 Å². The monoisotopic (exact) mass is 233 g/mol. The molecule has 0 radical (unpaired) electrons. The van der Waals surface area contributed by atoms with E-state index < -0.39 is 0 Å². The van der Waals surface area contributed by atoms with Gasteiger partial charge in [-0.25, -0.2) is 0 Å². The third-order valence-electron chi connectivity index (χ3n) is 3.15. The second-order valence-electron chi connectivity index (χ2n) is 4.50. The van der Waals surface area contributed by atoms with Crippen molar-refractivity contribution in [2.24, 2.45) is 0 Å². The number of unbranched alkanes of at least 4 members (excludes halogenated alkanes) is 1. The first-order valence-corrected chi connectivity index (χ1v) is 6.16. The van der Waals surface area contributed by atoms with Gasteiger partial charge in [0.15, 0.2) is 5.82 Å². The summed E-state index contributed by atoms with van der Waals surface area (Å²) in [7, 11) is 0. The minimum Gasteiger partial charge on any atom is -0.353 e. The minimum absolute atomic E-state index is 0.665. The van der Waals surface area contributed by atoms with E-state index in [0.717, 1.165) is 50.7 Å². The standard InChI is InChI=1S/C12H19N5/c1-11-10-12(15-14-11)17-8-6-16(7-9-17)5-3-2-4-13/h10H,2-3,5-9H2,1H3,(H,14,15). The lowest BCUT2D eigenvalue weighted by Gasteiger charge is -2.34. The largest absolute Gasteiger partial charge is 0.353 e. The Morgan fingerprint density at radius 3 is 2.76 bits per heavy atom. The summed E-state index contributed by atoms with van der Waals surface area (Å²) in [5.74, 6) is 1.05. The maximum atomic E-state index is 8.50. The number of rotatable bonds is 4. The van der Waals surface area contributed by atoms with Crippen molar-refractivity contribution >= 4 is 5.82 Å². The molecule has 0 atom stereocenters. The first-order valence-electron chi connectivity index (χ1n) is 6.16. The van der Waals surface area contributed by atoms with Gasteiger partial charge in [0.05, 0.1) is 6.07 Å². The quantitative estimate of drug-likeness (QED) is 0.792. The van der Waals surface area contributed by atoms with E-state index in [1.807, 2.05) is 6.92 Å². The Morgan fingerprint density at radius 2 is 2.18 bits per heavy atom. The first-order chi connectivity index (χ1) is 8.29. The van der Waals surface area contributed by atoms with Crippen LogP contribution in [0.15, 0.2) is 6.07 Å². The summed E-state index contributed by atoms with van der Waals surface area (Å²) >= 11 is 0. The zero-order valence-electron chi connectivity index (χ0n) is 10.3. The molecular formula is C12H19N5. The van der Waals surface area contributed by atoms with Crippen LogP contribution in [0, 0.1) is 18.3 Å². The van der Waals surface area contributed by atoms with E-state index in [1.54, 1.807) is 0 Å². The molecule has 1 N–H and O–H groups in total. The van der Waals surface area contributed by atoms with E-state index in [4.69, 9.17) is 5.26 Å². The Kier molecular flexibility index (Phi) is 3.99. The summed E-state index contributed by atoms with van der Waals surface area (Å²) < 4.78 is 0. The fourth-order valence-corrected chi connectivity index (χ4v) is 2.15. The van der Waals surface area contributed by atoms with Crippen molar-refractivity contribution in [1.82, 2.24) is 15.1 Å².